The molecule has 1 N–H and O–H groups in total. The number of aryl methyl sites for hydroxylation is 1. The molecule has 4 heteroatoms. The second-order valence-corrected chi connectivity index (χ2v) is 6.73. The lowest BCUT2D eigenvalue weighted by Gasteiger charge is -2.39. The van der Waals surface area contributed by atoms with Crippen LogP contribution in [0.25, 0.3) is 0 Å². The van der Waals surface area contributed by atoms with Gasteiger partial charge in [0, 0.05) is 12.7 Å². The van der Waals surface area contributed by atoms with Crippen molar-refractivity contribution >= 4 is 0 Å². The third-order valence-corrected chi connectivity index (χ3v) is 5.08. The molecule has 0 aliphatic heterocycles. The van der Waals surface area contributed by atoms with Crippen molar-refractivity contribution in [2.75, 3.05) is 0 Å². The second-order valence-electron chi connectivity index (χ2n) is 6.73. The lowest BCUT2D eigenvalue weighted by molar-refractivity contribution is 0.0132. The van der Waals surface area contributed by atoms with Crippen LogP contribution in [0.2, 0.25) is 0 Å². The predicted octanol–water partition coefficient (Wildman–Crippen LogP) is 3.68. The van der Waals surface area contributed by atoms with Crippen molar-refractivity contribution in [2.45, 2.75) is 65.5 Å². The number of nitriles is 1. The molecule has 0 bridgehead atoms. The van der Waals surface area contributed by atoms with Crippen molar-refractivity contribution < 1.29 is 5.11 Å². The van der Waals surface area contributed by atoms with Crippen molar-refractivity contribution in [3.8, 4) is 6.07 Å². The Labute approximate surface area is 127 Å². The Morgan fingerprint density at radius 1 is 1.48 bits per heavy atom. The first-order valence-electron chi connectivity index (χ1n) is 8.15. The molecule has 1 aliphatic carbocycles. The van der Waals surface area contributed by atoms with Gasteiger partial charge in [-0.15, -0.1) is 0 Å². The van der Waals surface area contributed by atoms with Crippen LogP contribution in [0.5, 0.6) is 0 Å². The highest BCUT2D eigenvalue weighted by Gasteiger charge is 2.44. The molecular formula is C17H27N3O. The number of aliphatic hydroxyl groups excluding tert-OH is 1. The van der Waals surface area contributed by atoms with Gasteiger partial charge in [0.05, 0.1) is 17.2 Å². The van der Waals surface area contributed by atoms with Crippen LogP contribution in [0.1, 0.15) is 64.7 Å². The fraction of sp³-hybridized carbons (Fsp3) is 0.765. The standard InChI is InChI=1S/C17H27N3O/c1-4-11-20-15(7-10-19-20)16(21)17(12-18)8-5-14(6-9-17)13(2)3/h7,10,13-14,16,21H,4-6,8-9,11H2,1-3H3. The van der Waals surface area contributed by atoms with Crippen molar-refractivity contribution in [3.05, 3.63) is 18.0 Å². The Morgan fingerprint density at radius 2 is 2.14 bits per heavy atom. The number of rotatable bonds is 5. The Bertz CT molecular complexity index is 492. The maximum Gasteiger partial charge on any atom is 0.114 e. The van der Waals surface area contributed by atoms with Crippen LogP contribution < -0.4 is 0 Å². The van der Waals surface area contributed by atoms with Gasteiger partial charge in [-0.25, -0.2) is 0 Å². The molecule has 1 aromatic heterocycles. The molecule has 2 rings (SSSR count). The Kier molecular flexibility index (Phi) is 5.05. The van der Waals surface area contributed by atoms with Gasteiger partial charge in [-0.05, 0) is 50.0 Å². The van der Waals surface area contributed by atoms with E-state index in [1.807, 2.05) is 10.7 Å². The summed E-state index contributed by atoms with van der Waals surface area (Å²) in [5.74, 6) is 1.34. The predicted molar refractivity (Wildman–Crippen MR) is 82.3 cm³/mol. The third-order valence-electron chi connectivity index (χ3n) is 5.08. The number of hydrogen-bond donors (Lipinski definition) is 1. The minimum atomic E-state index is -0.732. The highest BCUT2D eigenvalue weighted by molar-refractivity contribution is 5.16. The normalized spacial score (nSPS) is 27.5. The summed E-state index contributed by atoms with van der Waals surface area (Å²) < 4.78 is 1.85. The Balaban J connectivity index is 2.18. The summed E-state index contributed by atoms with van der Waals surface area (Å²) in [5.41, 5.74) is 0.151. The average Bonchev–Trinajstić information content (AvgIpc) is 2.95. The van der Waals surface area contributed by atoms with E-state index < -0.39 is 11.5 Å². The quantitative estimate of drug-likeness (QED) is 0.899. The molecule has 1 unspecified atom stereocenters. The van der Waals surface area contributed by atoms with Gasteiger partial charge in [-0.1, -0.05) is 20.8 Å². The summed E-state index contributed by atoms with van der Waals surface area (Å²) in [6.45, 7) is 7.37. The second kappa shape index (κ2) is 6.62. The molecule has 0 amide bonds. The van der Waals surface area contributed by atoms with Crippen LogP contribution in [-0.2, 0) is 6.54 Å². The fourth-order valence-corrected chi connectivity index (χ4v) is 3.53. The lowest BCUT2D eigenvalue weighted by Crippen LogP contribution is -2.34. The molecule has 116 valence electrons. The summed E-state index contributed by atoms with van der Waals surface area (Å²) in [5, 5.41) is 24.8. The molecule has 1 atom stereocenters. The first kappa shape index (κ1) is 16.0. The monoisotopic (exact) mass is 289 g/mol. The zero-order valence-corrected chi connectivity index (χ0v) is 13.4. The first-order valence-corrected chi connectivity index (χ1v) is 8.15. The van der Waals surface area contributed by atoms with E-state index in [2.05, 4.69) is 31.9 Å². The molecule has 1 saturated carbocycles. The van der Waals surface area contributed by atoms with E-state index in [0.29, 0.717) is 11.8 Å². The fourth-order valence-electron chi connectivity index (χ4n) is 3.53. The van der Waals surface area contributed by atoms with E-state index in [9.17, 15) is 10.4 Å². The van der Waals surface area contributed by atoms with Crippen LogP contribution in [0.15, 0.2) is 12.3 Å². The van der Waals surface area contributed by atoms with Crippen LogP contribution in [0, 0.1) is 28.6 Å². The maximum absolute atomic E-state index is 10.8. The maximum atomic E-state index is 10.8. The van der Waals surface area contributed by atoms with Crippen LogP contribution in [0.4, 0.5) is 0 Å². The first-order chi connectivity index (χ1) is 10.0. The lowest BCUT2D eigenvalue weighted by atomic mass is 9.65. The summed E-state index contributed by atoms with van der Waals surface area (Å²) >= 11 is 0. The van der Waals surface area contributed by atoms with E-state index in [-0.39, 0.29) is 0 Å². The molecule has 0 spiro atoms. The van der Waals surface area contributed by atoms with E-state index in [1.54, 1.807) is 6.20 Å². The number of hydrogen-bond acceptors (Lipinski definition) is 3. The minimum Gasteiger partial charge on any atom is -0.385 e. The zero-order valence-electron chi connectivity index (χ0n) is 13.4. The topological polar surface area (TPSA) is 61.8 Å². The van der Waals surface area contributed by atoms with E-state index in [1.165, 1.54) is 0 Å². The zero-order chi connectivity index (χ0) is 15.5. The highest BCUT2D eigenvalue weighted by Crippen LogP contribution is 2.48. The van der Waals surface area contributed by atoms with Crippen molar-refractivity contribution in [1.82, 2.24) is 9.78 Å². The molecule has 0 aromatic carbocycles. The molecule has 1 heterocycles. The largest absolute Gasteiger partial charge is 0.385 e. The van der Waals surface area contributed by atoms with Crippen molar-refractivity contribution in [2.24, 2.45) is 17.3 Å². The Morgan fingerprint density at radius 3 is 2.67 bits per heavy atom. The molecule has 1 aromatic rings. The van der Waals surface area contributed by atoms with E-state index in [4.69, 9.17) is 0 Å². The van der Waals surface area contributed by atoms with Gasteiger partial charge >= 0.3 is 0 Å². The molecule has 0 saturated heterocycles. The number of aliphatic hydroxyl groups is 1. The highest BCUT2D eigenvalue weighted by atomic mass is 16.3. The summed E-state index contributed by atoms with van der Waals surface area (Å²) in [6, 6.07) is 4.30. The third kappa shape index (κ3) is 3.13. The van der Waals surface area contributed by atoms with Gasteiger partial charge in [0.1, 0.15) is 6.10 Å². The minimum absolute atomic E-state index is 0.642. The molecule has 21 heavy (non-hydrogen) atoms. The van der Waals surface area contributed by atoms with Gasteiger partial charge in [-0.2, -0.15) is 10.4 Å². The molecular weight excluding hydrogens is 262 g/mol. The van der Waals surface area contributed by atoms with Crippen molar-refractivity contribution in [3.63, 3.8) is 0 Å². The van der Waals surface area contributed by atoms with E-state index >= 15 is 0 Å². The summed E-state index contributed by atoms with van der Waals surface area (Å²) in [6.07, 6.45) is 5.59. The smallest absolute Gasteiger partial charge is 0.114 e. The SMILES string of the molecule is CCCn1nccc1C(O)C1(C#N)CCC(C(C)C)CC1. The van der Waals surface area contributed by atoms with Crippen LogP contribution >= 0.6 is 0 Å². The van der Waals surface area contributed by atoms with Crippen LogP contribution in [-0.4, -0.2) is 14.9 Å². The molecule has 4 nitrogen and oxygen atoms in total. The molecule has 1 fully saturated rings. The van der Waals surface area contributed by atoms with Gasteiger partial charge < -0.3 is 5.11 Å². The van der Waals surface area contributed by atoms with Gasteiger partial charge in [0.2, 0.25) is 0 Å². The summed E-state index contributed by atoms with van der Waals surface area (Å²) in [4.78, 5) is 0. The van der Waals surface area contributed by atoms with Crippen molar-refractivity contribution in [1.29, 1.82) is 5.26 Å². The molecule has 1 aliphatic rings. The molecule has 0 radical (unpaired) electrons. The Hall–Kier alpha value is -1.34. The van der Waals surface area contributed by atoms with E-state index in [0.717, 1.165) is 44.3 Å². The number of nitrogens with zero attached hydrogens (tertiary/aromatic N) is 3. The average molecular weight is 289 g/mol. The van der Waals surface area contributed by atoms with Gasteiger partial charge in [-0.3, -0.25) is 4.68 Å². The van der Waals surface area contributed by atoms with Gasteiger partial charge in [0.25, 0.3) is 0 Å². The van der Waals surface area contributed by atoms with Crippen LogP contribution in [0.3, 0.4) is 0 Å². The number of aromatic nitrogens is 2. The summed E-state index contributed by atoms with van der Waals surface area (Å²) in [7, 11) is 0. The van der Waals surface area contributed by atoms with Gasteiger partial charge in [0.15, 0.2) is 0 Å².